The highest BCUT2D eigenvalue weighted by atomic mass is 32.2. The van der Waals surface area contributed by atoms with Crippen LogP contribution in [0.15, 0.2) is 0 Å². The molecule has 3 rings (SSSR count). The summed E-state index contributed by atoms with van der Waals surface area (Å²) >= 11 is 0. The number of hydrogen-bond acceptors (Lipinski definition) is 4. The van der Waals surface area contributed by atoms with E-state index in [1.54, 1.807) is 0 Å². The van der Waals surface area contributed by atoms with Crippen LogP contribution in [0.3, 0.4) is 0 Å². The maximum Gasteiger partial charge on any atom is 0.152 e. The molecule has 3 aliphatic rings. The number of nitrogens with two attached hydrogens (primary N) is 1. The molecule has 3 fully saturated rings. The fraction of sp³-hybridized carbons (Fsp3) is 1.00. The van der Waals surface area contributed by atoms with Crippen LogP contribution in [0.1, 0.15) is 51.4 Å². The van der Waals surface area contributed by atoms with Crippen molar-refractivity contribution in [2.45, 2.75) is 56.9 Å². The Balaban J connectivity index is 1.71. The van der Waals surface area contributed by atoms with E-state index in [9.17, 15) is 8.42 Å². The van der Waals surface area contributed by atoms with E-state index in [0.717, 1.165) is 25.9 Å². The molecule has 0 amide bonds. The van der Waals surface area contributed by atoms with E-state index in [1.807, 2.05) is 0 Å². The van der Waals surface area contributed by atoms with Gasteiger partial charge in [0.05, 0.1) is 11.5 Å². The molecule has 2 aliphatic heterocycles. The molecule has 20 heavy (non-hydrogen) atoms. The van der Waals surface area contributed by atoms with Crippen molar-refractivity contribution in [2.75, 3.05) is 31.1 Å². The fourth-order valence-electron chi connectivity index (χ4n) is 4.79. The van der Waals surface area contributed by atoms with Gasteiger partial charge in [0.25, 0.3) is 0 Å². The van der Waals surface area contributed by atoms with Gasteiger partial charge in [-0.1, -0.05) is 12.8 Å². The lowest BCUT2D eigenvalue weighted by Gasteiger charge is -2.50. The molecule has 5 heteroatoms. The maximum atomic E-state index is 12.0. The molecule has 1 saturated carbocycles. The molecule has 0 radical (unpaired) electrons. The van der Waals surface area contributed by atoms with Gasteiger partial charge in [0.15, 0.2) is 9.84 Å². The maximum absolute atomic E-state index is 12.0. The minimum Gasteiger partial charge on any atom is -0.329 e. The van der Waals surface area contributed by atoms with Crippen LogP contribution in [0.5, 0.6) is 0 Å². The van der Waals surface area contributed by atoms with Gasteiger partial charge in [0.2, 0.25) is 0 Å². The van der Waals surface area contributed by atoms with Gasteiger partial charge in [0, 0.05) is 12.1 Å². The second-order valence-corrected chi connectivity index (χ2v) is 9.50. The summed E-state index contributed by atoms with van der Waals surface area (Å²) in [7, 11) is -2.90. The molecule has 0 bridgehead atoms. The topological polar surface area (TPSA) is 63.4 Å². The van der Waals surface area contributed by atoms with Gasteiger partial charge in [-0.2, -0.15) is 0 Å². The smallest absolute Gasteiger partial charge is 0.152 e. The summed E-state index contributed by atoms with van der Waals surface area (Å²) in [4.78, 5) is 2.42. The Hall–Kier alpha value is -0.130. The number of sulfone groups is 1. The van der Waals surface area contributed by atoms with Crippen molar-refractivity contribution in [3.63, 3.8) is 0 Å². The summed E-state index contributed by atoms with van der Waals surface area (Å²) in [5, 5.41) is 0. The molecule has 0 aromatic rings. The summed E-state index contributed by atoms with van der Waals surface area (Å²) in [6, 6.07) is 0. The fourth-order valence-corrected chi connectivity index (χ4v) is 6.79. The zero-order valence-corrected chi connectivity index (χ0v) is 13.3. The zero-order valence-electron chi connectivity index (χ0n) is 12.4. The van der Waals surface area contributed by atoms with Gasteiger partial charge in [-0.3, -0.25) is 4.90 Å². The molecule has 4 nitrogen and oxygen atoms in total. The first-order chi connectivity index (χ1) is 9.49. The van der Waals surface area contributed by atoms with Crippen LogP contribution in [0.4, 0.5) is 0 Å². The van der Waals surface area contributed by atoms with Crippen LogP contribution in [0.25, 0.3) is 0 Å². The van der Waals surface area contributed by atoms with Crippen LogP contribution in [-0.4, -0.2) is 50.0 Å². The third-order valence-electron chi connectivity index (χ3n) is 6.13. The highest BCUT2D eigenvalue weighted by Gasteiger charge is 2.46. The average Bonchev–Trinajstić information content (AvgIpc) is 2.86. The monoisotopic (exact) mass is 300 g/mol. The highest BCUT2D eigenvalue weighted by molar-refractivity contribution is 7.91. The normalized spacial score (nSPS) is 37.2. The zero-order chi connectivity index (χ0) is 14.3. The van der Waals surface area contributed by atoms with E-state index < -0.39 is 9.84 Å². The minimum absolute atomic E-state index is 0.267. The Morgan fingerprint density at radius 1 is 0.950 bits per heavy atom. The van der Waals surface area contributed by atoms with Crippen molar-refractivity contribution in [3.05, 3.63) is 0 Å². The third kappa shape index (κ3) is 2.64. The van der Waals surface area contributed by atoms with Crippen LogP contribution in [0, 0.1) is 5.41 Å². The largest absolute Gasteiger partial charge is 0.329 e. The van der Waals surface area contributed by atoms with E-state index >= 15 is 0 Å². The molecular weight excluding hydrogens is 272 g/mol. The van der Waals surface area contributed by atoms with Crippen molar-refractivity contribution in [1.82, 2.24) is 4.90 Å². The van der Waals surface area contributed by atoms with Gasteiger partial charge in [-0.25, -0.2) is 8.42 Å². The second kappa shape index (κ2) is 5.25. The lowest BCUT2D eigenvalue weighted by Crippen LogP contribution is -2.62. The van der Waals surface area contributed by atoms with Gasteiger partial charge >= 0.3 is 0 Å². The van der Waals surface area contributed by atoms with Crippen molar-refractivity contribution >= 4 is 9.84 Å². The first-order valence-electron chi connectivity index (χ1n) is 8.15. The molecule has 2 heterocycles. The Bertz CT molecular complexity index is 446. The molecule has 1 unspecified atom stereocenters. The first-order valence-corrected chi connectivity index (χ1v) is 9.97. The predicted molar refractivity (Wildman–Crippen MR) is 81.4 cm³/mol. The van der Waals surface area contributed by atoms with E-state index in [2.05, 4.69) is 4.90 Å². The molecule has 1 spiro atoms. The molecule has 0 aromatic heterocycles. The summed E-state index contributed by atoms with van der Waals surface area (Å²) in [5.41, 5.74) is 6.35. The second-order valence-electron chi connectivity index (χ2n) is 7.32. The molecule has 2 N–H and O–H groups in total. The Kier molecular flexibility index (Phi) is 3.89. The summed E-state index contributed by atoms with van der Waals surface area (Å²) < 4.78 is 24.1. The highest BCUT2D eigenvalue weighted by Crippen LogP contribution is 2.47. The number of hydrogen-bond donors (Lipinski definition) is 1. The quantitative estimate of drug-likeness (QED) is 0.840. The SMILES string of the molecule is NCC1(N2CCC3(CCCC3)CC2)CCCS(=O)(=O)C1. The van der Waals surface area contributed by atoms with Gasteiger partial charge in [-0.15, -0.1) is 0 Å². The van der Waals surface area contributed by atoms with Crippen LogP contribution >= 0.6 is 0 Å². The number of likely N-dealkylation sites (tertiary alicyclic amines) is 1. The van der Waals surface area contributed by atoms with Gasteiger partial charge in [0.1, 0.15) is 0 Å². The summed E-state index contributed by atoms with van der Waals surface area (Å²) in [6.45, 7) is 2.58. The number of nitrogens with zero attached hydrogens (tertiary/aromatic N) is 1. The lowest BCUT2D eigenvalue weighted by molar-refractivity contribution is 0.0264. The standard InChI is InChI=1S/C15H28N2O2S/c16-12-15(6-3-11-20(18,19)13-15)17-9-7-14(8-10-17)4-1-2-5-14/h1-13,16H2. The molecule has 2 saturated heterocycles. The van der Waals surface area contributed by atoms with Crippen LogP contribution in [0.2, 0.25) is 0 Å². The Morgan fingerprint density at radius 2 is 1.60 bits per heavy atom. The van der Waals surface area contributed by atoms with E-state index in [4.69, 9.17) is 5.73 Å². The van der Waals surface area contributed by atoms with Crippen LogP contribution in [-0.2, 0) is 9.84 Å². The van der Waals surface area contributed by atoms with Gasteiger partial charge < -0.3 is 5.73 Å². The molecule has 0 aromatic carbocycles. The van der Waals surface area contributed by atoms with E-state index in [-0.39, 0.29) is 11.3 Å². The third-order valence-corrected chi connectivity index (χ3v) is 8.01. The molecule has 1 atom stereocenters. The van der Waals surface area contributed by atoms with E-state index in [0.29, 0.717) is 17.7 Å². The van der Waals surface area contributed by atoms with Crippen molar-refractivity contribution in [3.8, 4) is 0 Å². The first kappa shape index (κ1) is 14.8. The van der Waals surface area contributed by atoms with Crippen molar-refractivity contribution in [1.29, 1.82) is 0 Å². The van der Waals surface area contributed by atoms with Gasteiger partial charge in [-0.05, 0) is 57.0 Å². The summed E-state index contributed by atoms with van der Waals surface area (Å²) in [5.74, 6) is 0.635. The Morgan fingerprint density at radius 3 is 2.15 bits per heavy atom. The average molecular weight is 300 g/mol. The summed E-state index contributed by atoms with van der Waals surface area (Å²) in [6.07, 6.45) is 9.76. The minimum atomic E-state index is -2.90. The number of piperidine rings is 1. The van der Waals surface area contributed by atoms with Crippen LogP contribution < -0.4 is 5.73 Å². The van der Waals surface area contributed by atoms with Crippen molar-refractivity contribution in [2.24, 2.45) is 11.1 Å². The molecule has 116 valence electrons. The number of rotatable bonds is 2. The molecular formula is C15H28N2O2S. The predicted octanol–water partition coefficient (Wildman–Crippen LogP) is 1.55. The lowest BCUT2D eigenvalue weighted by atomic mass is 9.75. The Labute approximate surface area is 123 Å². The molecule has 1 aliphatic carbocycles. The van der Waals surface area contributed by atoms with Crippen molar-refractivity contribution < 1.29 is 8.42 Å². The van der Waals surface area contributed by atoms with E-state index in [1.165, 1.54) is 38.5 Å².